The van der Waals surface area contributed by atoms with Gasteiger partial charge in [-0.2, -0.15) is 0 Å². The zero-order valence-electron chi connectivity index (χ0n) is 9.05. The second-order valence-electron chi connectivity index (χ2n) is 3.86. The van der Waals surface area contributed by atoms with Crippen LogP contribution in [-0.2, 0) is 6.42 Å². The van der Waals surface area contributed by atoms with Gasteiger partial charge in [0, 0.05) is 24.8 Å². The van der Waals surface area contributed by atoms with Crippen LogP contribution in [0.2, 0.25) is 0 Å². The third-order valence-electron chi connectivity index (χ3n) is 2.80. The smallest absolute Gasteiger partial charge is 0.262 e. The first kappa shape index (κ1) is 10.0. The van der Waals surface area contributed by atoms with E-state index in [-0.39, 0.29) is 12.2 Å². The second-order valence-corrected chi connectivity index (χ2v) is 3.86. The third-order valence-corrected chi connectivity index (χ3v) is 2.80. The molecule has 5 heteroatoms. The van der Waals surface area contributed by atoms with E-state index in [4.69, 9.17) is 5.11 Å². The van der Waals surface area contributed by atoms with Crippen molar-refractivity contribution >= 4 is 16.8 Å². The number of rotatable bonds is 2. The summed E-state index contributed by atoms with van der Waals surface area (Å²) < 4.78 is 1.54. The molecule has 17 heavy (non-hydrogen) atoms. The van der Waals surface area contributed by atoms with Crippen molar-refractivity contribution in [1.82, 2.24) is 14.4 Å². The predicted octanol–water partition coefficient (Wildman–Crippen LogP) is 0.711. The summed E-state index contributed by atoms with van der Waals surface area (Å²) in [5, 5.41) is 8.90. The van der Waals surface area contributed by atoms with Gasteiger partial charge in [0.15, 0.2) is 0 Å². The van der Waals surface area contributed by atoms with Gasteiger partial charge in [0.05, 0.1) is 11.0 Å². The Morgan fingerprint density at radius 1 is 1.35 bits per heavy atom. The largest absolute Gasteiger partial charge is 0.396 e. The van der Waals surface area contributed by atoms with Crippen molar-refractivity contribution < 1.29 is 5.11 Å². The number of benzene rings is 1. The number of aromatic nitrogens is 3. The molecule has 0 saturated heterocycles. The Morgan fingerprint density at radius 3 is 3.00 bits per heavy atom. The Labute approximate surface area is 96.4 Å². The Balaban J connectivity index is 2.44. The number of nitrogens with one attached hydrogen (secondary N) is 1. The Morgan fingerprint density at radius 2 is 2.18 bits per heavy atom. The van der Waals surface area contributed by atoms with Crippen molar-refractivity contribution in [3.8, 4) is 0 Å². The van der Waals surface area contributed by atoms with Gasteiger partial charge in [-0.3, -0.25) is 4.79 Å². The molecule has 0 fully saturated rings. The van der Waals surface area contributed by atoms with E-state index in [1.807, 2.05) is 24.3 Å². The molecular weight excluding hydrogens is 218 g/mol. The van der Waals surface area contributed by atoms with Crippen molar-refractivity contribution in [3.63, 3.8) is 0 Å². The van der Waals surface area contributed by atoms with Crippen LogP contribution in [-0.4, -0.2) is 26.1 Å². The molecule has 3 rings (SSSR count). The molecule has 2 aromatic heterocycles. The molecule has 0 amide bonds. The number of nitrogens with zero attached hydrogens (tertiary/aromatic N) is 2. The highest BCUT2D eigenvalue weighted by Crippen LogP contribution is 2.12. The van der Waals surface area contributed by atoms with E-state index in [1.165, 1.54) is 6.20 Å². The van der Waals surface area contributed by atoms with Crippen LogP contribution in [0.4, 0.5) is 0 Å². The molecule has 0 bridgehead atoms. The molecule has 2 N–H and O–H groups in total. The molecule has 0 aliphatic carbocycles. The monoisotopic (exact) mass is 229 g/mol. The van der Waals surface area contributed by atoms with E-state index in [2.05, 4.69) is 9.97 Å². The molecule has 86 valence electrons. The van der Waals surface area contributed by atoms with Gasteiger partial charge in [-0.15, -0.1) is 0 Å². The maximum absolute atomic E-state index is 12.2. The van der Waals surface area contributed by atoms with Crippen LogP contribution in [0.15, 0.2) is 35.3 Å². The number of H-pyrrole nitrogens is 1. The molecule has 0 saturated carbocycles. The molecule has 0 unspecified atom stereocenters. The van der Waals surface area contributed by atoms with Crippen molar-refractivity contribution in [2.24, 2.45) is 0 Å². The minimum Gasteiger partial charge on any atom is -0.396 e. The lowest BCUT2D eigenvalue weighted by Crippen LogP contribution is -2.19. The zero-order chi connectivity index (χ0) is 11.8. The minimum absolute atomic E-state index is 0.0503. The number of imidazole rings is 1. The molecule has 2 heterocycles. The van der Waals surface area contributed by atoms with Crippen LogP contribution in [0, 0.1) is 0 Å². The first-order valence-corrected chi connectivity index (χ1v) is 5.39. The number of hydrogen-bond donors (Lipinski definition) is 2. The number of aromatic amines is 1. The number of hydrogen-bond acceptors (Lipinski definition) is 3. The summed E-state index contributed by atoms with van der Waals surface area (Å²) in [6.07, 6.45) is 1.84. The lowest BCUT2D eigenvalue weighted by molar-refractivity contribution is 0.299. The lowest BCUT2D eigenvalue weighted by atomic mass is 10.2. The van der Waals surface area contributed by atoms with Crippen LogP contribution in [0.1, 0.15) is 5.56 Å². The summed E-state index contributed by atoms with van der Waals surface area (Å²) in [6, 6.07) is 7.54. The van der Waals surface area contributed by atoms with Gasteiger partial charge in [-0.1, -0.05) is 12.1 Å². The van der Waals surface area contributed by atoms with E-state index in [1.54, 1.807) is 4.40 Å². The summed E-state index contributed by atoms with van der Waals surface area (Å²) in [5.74, 6) is 0.526. The minimum atomic E-state index is -0.124. The van der Waals surface area contributed by atoms with Crippen molar-refractivity contribution in [2.75, 3.05) is 6.61 Å². The third kappa shape index (κ3) is 1.43. The molecule has 0 spiro atoms. The van der Waals surface area contributed by atoms with E-state index < -0.39 is 0 Å². The first-order chi connectivity index (χ1) is 8.31. The number of aliphatic hydroxyl groups is 1. The average molecular weight is 229 g/mol. The van der Waals surface area contributed by atoms with E-state index in [0.29, 0.717) is 17.8 Å². The van der Waals surface area contributed by atoms with Gasteiger partial charge in [0.1, 0.15) is 0 Å². The second kappa shape index (κ2) is 3.71. The van der Waals surface area contributed by atoms with E-state index >= 15 is 0 Å². The van der Waals surface area contributed by atoms with Crippen molar-refractivity contribution in [1.29, 1.82) is 0 Å². The SMILES string of the molecule is O=c1c(CCO)cnc2[nH]c3ccccc3n12. The Kier molecular flexibility index (Phi) is 2.19. The van der Waals surface area contributed by atoms with Crippen LogP contribution < -0.4 is 5.56 Å². The number of fused-ring (bicyclic) bond motifs is 3. The van der Waals surface area contributed by atoms with Gasteiger partial charge in [0.25, 0.3) is 5.56 Å². The summed E-state index contributed by atoms with van der Waals surface area (Å²) in [4.78, 5) is 19.5. The highest BCUT2D eigenvalue weighted by Gasteiger charge is 2.09. The van der Waals surface area contributed by atoms with Gasteiger partial charge < -0.3 is 10.1 Å². The normalized spacial score (nSPS) is 11.4. The average Bonchev–Trinajstić information content (AvgIpc) is 2.72. The van der Waals surface area contributed by atoms with Gasteiger partial charge in [-0.05, 0) is 12.1 Å². The fraction of sp³-hybridized carbons (Fsp3) is 0.167. The van der Waals surface area contributed by atoms with Gasteiger partial charge in [0.2, 0.25) is 5.78 Å². The number of para-hydroxylation sites is 2. The van der Waals surface area contributed by atoms with E-state index in [9.17, 15) is 4.79 Å². The highest BCUT2D eigenvalue weighted by atomic mass is 16.3. The summed E-state index contributed by atoms with van der Waals surface area (Å²) in [5.41, 5.74) is 2.08. The first-order valence-electron chi connectivity index (χ1n) is 5.39. The van der Waals surface area contributed by atoms with Crippen LogP contribution in [0.3, 0.4) is 0 Å². The molecule has 0 aliphatic rings. The lowest BCUT2D eigenvalue weighted by Gasteiger charge is -1.98. The Bertz CT molecular complexity index is 742. The van der Waals surface area contributed by atoms with E-state index in [0.717, 1.165) is 11.0 Å². The zero-order valence-corrected chi connectivity index (χ0v) is 9.05. The maximum Gasteiger partial charge on any atom is 0.262 e. The van der Waals surface area contributed by atoms with Crippen molar-refractivity contribution in [2.45, 2.75) is 6.42 Å². The molecule has 0 radical (unpaired) electrons. The predicted molar refractivity (Wildman–Crippen MR) is 64.1 cm³/mol. The molecule has 1 aromatic carbocycles. The van der Waals surface area contributed by atoms with Crippen LogP contribution in [0.25, 0.3) is 16.8 Å². The molecular formula is C12H11N3O2. The quantitative estimate of drug-likeness (QED) is 0.680. The molecule has 3 aromatic rings. The van der Waals surface area contributed by atoms with Crippen molar-refractivity contribution in [3.05, 3.63) is 46.4 Å². The Hall–Kier alpha value is -2.14. The fourth-order valence-electron chi connectivity index (χ4n) is 1.99. The van der Waals surface area contributed by atoms with Crippen LogP contribution in [0.5, 0.6) is 0 Å². The molecule has 5 nitrogen and oxygen atoms in total. The summed E-state index contributed by atoms with van der Waals surface area (Å²) >= 11 is 0. The van der Waals surface area contributed by atoms with Crippen LogP contribution >= 0.6 is 0 Å². The maximum atomic E-state index is 12.2. The topological polar surface area (TPSA) is 70.4 Å². The summed E-state index contributed by atoms with van der Waals surface area (Å²) in [6.45, 7) is -0.0503. The van der Waals surface area contributed by atoms with Gasteiger partial charge >= 0.3 is 0 Å². The van der Waals surface area contributed by atoms with Gasteiger partial charge in [-0.25, -0.2) is 9.38 Å². The highest BCUT2D eigenvalue weighted by molar-refractivity contribution is 5.79. The standard InChI is InChI=1S/C12H11N3O2/c16-6-5-8-7-13-12-14-9-3-1-2-4-10(9)15(12)11(8)17/h1-4,7,16H,5-6H2,(H,13,14). The molecule has 0 atom stereocenters. The summed E-state index contributed by atoms with van der Waals surface area (Å²) in [7, 11) is 0. The fourth-order valence-corrected chi connectivity index (χ4v) is 1.99. The molecule has 0 aliphatic heterocycles. The number of aliphatic hydroxyl groups excluding tert-OH is 1.